The summed E-state index contributed by atoms with van der Waals surface area (Å²) >= 11 is 1.67. The second kappa shape index (κ2) is 9.28. The summed E-state index contributed by atoms with van der Waals surface area (Å²) in [6.07, 6.45) is -0.174. The number of hydrogen-bond donors (Lipinski definition) is 1. The predicted molar refractivity (Wildman–Crippen MR) is 115 cm³/mol. The first kappa shape index (κ1) is 21.8. The Labute approximate surface area is 176 Å². The van der Waals surface area contributed by atoms with Gasteiger partial charge in [0.15, 0.2) is 0 Å². The Balaban J connectivity index is 1.36. The van der Waals surface area contributed by atoms with Crippen molar-refractivity contribution < 1.29 is 19.4 Å². The van der Waals surface area contributed by atoms with Gasteiger partial charge in [0.05, 0.1) is 27.9 Å². The molecule has 0 aliphatic carbocycles. The molecule has 1 aromatic heterocycles. The molecule has 7 nitrogen and oxygen atoms in total. The van der Waals surface area contributed by atoms with Crippen LogP contribution >= 0.6 is 11.3 Å². The molecule has 0 bridgehead atoms. The minimum Gasteiger partial charge on any atom is -0.493 e. The first-order valence-corrected chi connectivity index (χ1v) is 10.9. The van der Waals surface area contributed by atoms with Crippen molar-refractivity contribution in [1.82, 2.24) is 14.8 Å². The molecule has 8 heteroatoms. The van der Waals surface area contributed by atoms with E-state index in [9.17, 15) is 9.90 Å². The normalized spacial score (nSPS) is 16.8. The molecule has 0 saturated carbocycles. The van der Waals surface area contributed by atoms with Crippen LogP contribution in [0.15, 0.2) is 18.2 Å². The Morgan fingerprint density at radius 1 is 1.28 bits per heavy atom. The summed E-state index contributed by atoms with van der Waals surface area (Å²) < 4.78 is 12.4. The molecule has 1 unspecified atom stereocenters. The summed E-state index contributed by atoms with van der Waals surface area (Å²) in [7, 11) is 0. The first-order valence-electron chi connectivity index (χ1n) is 10.1. The molecule has 1 N–H and O–H groups in total. The van der Waals surface area contributed by atoms with Crippen molar-refractivity contribution in [2.75, 3.05) is 39.3 Å². The lowest BCUT2D eigenvalue weighted by Gasteiger charge is -2.36. The van der Waals surface area contributed by atoms with E-state index in [1.807, 2.05) is 45.9 Å². The Bertz CT molecular complexity index is 825. The molecule has 1 aliphatic rings. The van der Waals surface area contributed by atoms with Crippen LogP contribution in [-0.4, -0.2) is 77.0 Å². The van der Waals surface area contributed by atoms with E-state index in [1.54, 1.807) is 16.2 Å². The van der Waals surface area contributed by atoms with Crippen molar-refractivity contribution in [2.24, 2.45) is 0 Å². The average Bonchev–Trinajstić information content (AvgIpc) is 3.00. The average molecular weight is 422 g/mol. The number of amides is 1. The molecule has 29 heavy (non-hydrogen) atoms. The molecule has 3 rings (SSSR count). The van der Waals surface area contributed by atoms with E-state index in [-0.39, 0.29) is 6.09 Å². The van der Waals surface area contributed by atoms with E-state index in [4.69, 9.17) is 9.47 Å². The second-order valence-electron chi connectivity index (χ2n) is 8.42. The van der Waals surface area contributed by atoms with Crippen molar-refractivity contribution in [1.29, 1.82) is 0 Å². The molecular formula is C21H31N3O4S. The molecule has 1 fully saturated rings. The van der Waals surface area contributed by atoms with E-state index in [1.165, 1.54) is 0 Å². The minimum atomic E-state index is -0.479. The van der Waals surface area contributed by atoms with Gasteiger partial charge in [0, 0.05) is 45.2 Å². The van der Waals surface area contributed by atoms with E-state index in [2.05, 4.69) is 9.88 Å². The summed E-state index contributed by atoms with van der Waals surface area (Å²) in [4.78, 5) is 20.5. The molecule has 1 atom stereocenters. The van der Waals surface area contributed by atoms with Crippen LogP contribution in [0.3, 0.4) is 0 Å². The number of carbonyl (C=O) groups is 1. The van der Waals surface area contributed by atoms with Crippen LogP contribution in [0, 0.1) is 6.92 Å². The summed E-state index contributed by atoms with van der Waals surface area (Å²) in [6, 6.07) is 5.92. The van der Waals surface area contributed by atoms with Crippen LogP contribution in [-0.2, 0) is 4.74 Å². The van der Waals surface area contributed by atoms with Gasteiger partial charge in [0.25, 0.3) is 0 Å². The van der Waals surface area contributed by atoms with Crippen LogP contribution in [0.25, 0.3) is 10.2 Å². The number of piperazine rings is 1. The maximum absolute atomic E-state index is 12.1. The van der Waals surface area contributed by atoms with Crippen molar-refractivity contribution in [3.63, 3.8) is 0 Å². The second-order valence-corrected chi connectivity index (χ2v) is 9.66. The smallest absolute Gasteiger partial charge is 0.410 e. The molecule has 1 saturated heterocycles. The van der Waals surface area contributed by atoms with E-state index in [0.29, 0.717) is 32.7 Å². The van der Waals surface area contributed by atoms with Gasteiger partial charge in [-0.3, -0.25) is 4.90 Å². The number of benzene rings is 1. The minimum absolute atomic E-state index is 0.265. The summed E-state index contributed by atoms with van der Waals surface area (Å²) in [5, 5.41) is 11.4. The van der Waals surface area contributed by atoms with Gasteiger partial charge in [-0.2, -0.15) is 0 Å². The molecule has 1 aliphatic heterocycles. The monoisotopic (exact) mass is 421 g/mol. The number of fused-ring (bicyclic) bond motifs is 1. The fourth-order valence-corrected chi connectivity index (χ4v) is 4.06. The maximum Gasteiger partial charge on any atom is 0.410 e. The Morgan fingerprint density at radius 2 is 2.00 bits per heavy atom. The van der Waals surface area contributed by atoms with Crippen LogP contribution < -0.4 is 4.74 Å². The molecule has 160 valence electrons. The van der Waals surface area contributed by atoms with Crippen molar-refractivity contribution in [2.45, 2.75) is 45.8 Å². The molecular weight excluding hydrogens is 390 g/mol. The summed E-state index contributed by atoms with van der Waals surface area (Å²) in [6.45, 7) is 11.3. The van der Waals surface area contributed by atoms with Gasteiger partial charge in [-0.05, 0) is 39.8 Å². The highest BCUT2D eigenvalue weighted by Gasteiger charge is 2.26. The topological polar surface area (TPSA) is 75.1 Å². The molecule has 2 aromatic rings. The van der Waals surface area contributed by atoms with E-state index in [0.717, 1.165) is 34.1 Å². The fourth-order valence-electron chi connectivity index (χ4n) is 3.25. The molecule has 0 spiro atoms. The number of aliphatic hydroxyl groups is 1. The lowest BCUT2D eigenvalue weighted by molar-refractivity contribution is 0.00923. The van der Waals surface area contributed by atoms with Gasteiger partial charge in [0.1, 0.15) is 11.4 Å². The zero-order valence-electron chi connectivity index (χ0n) is 17.7. The number of aliphatic hydroxyl groups excluding tert-OH is 1. The van der Waals surface area contributed by atoms with Crippen LogP contribution in [0.1, 0.15) is 32.2 Å². The number of hydrogen-bond acceptors (Lipinski definition) is 7. The Kier molecular flexibility index (Phi) is 6.97. The van der Waals surface area contributed by atoms with E-state index >= 15 is 0 Å². The quantitative estimate of drug-likeness (QED) is 0.771. The Hall–Kier alpha value is -1.90. The Morgan fingerprint density at radius 3 is 2.69 bits per heavy atom. The van der Waals surface area contributed by atoms with Gasteiger partial charge in [-0.15, -0.1) is 11.3 Å². The maximum atomic E-state index is 12.1. The van der Waals surface area contributed by atoms with Gasteiger partial charge in [-0.1, -0.05) is 0 Å². The number of carbonyl (C=O) groups excluding carboxylic acids is 1. The lowest BCUT2D eigenvalue weighted by Crippen LogP contribution is -2.51. The fraction of sp³-hybridized carbons (Fsp3) is 0.619. The largest absolute Gasteiger partial charge is 0.493 e. The standard InChI is InChI=1S/C21H31N3O4S/c1-15-22-18-13-17(5-6-19(18)29-15)27-12-7-16(25)14-23-8-10-24(11-9-23)20(26)28-21(2,3)4/h5-6,13,16,25H,7-12,14H2,1-4H3. The number of nitrogens with zero attached hydrogens (tertiary/aromatic N) is 3. The van der Waals surface area contributed by atoms with Gasteiger partial charge in [0.2, 0.25) is 0 Å². The third kappa shape index (κ3) is 6.55. The zero-order valence-corrected chi connectivity index (χ0v) is 18.5. The highest BCUT2D eigenvalue weighted by molar-refractivity contribution is 7.18. The predicted octanol–water partition coefficient (Wildman–Crippen LogP) is 3.29. The first-order chi connectivity index (χ1) is 13.7. The van der Waals surface area contributed by atoms with Crippen LogP contribution in [0.2, 0.25) is 0 Å². The van der Waals surface area contributed by atoms with Gasteiger partial charge >= 0.3 is 6.09 Å². The highest BCUT2D eigenvalue weighted by atomic mass is 32.1. The zero-order chi connectivity index (χ0) is 21.0. The third-order valence-corrected chi connectivity index (χ3v) is 5.63. The third-order valence-electron chi connectivity index (χ3n) is 4.68. The van der Waals surface area contributed by atoms with Crippen molar-refractivity contribution in [3.8, 4) is 5.75 Å². The SMILES string of the molecule is Cc1nc2cc(OCCC(O)CN3CCN(C(=O)OC(C)(C)C)CC3)ccc2s1. The van der Waals surface area contributed by atoms with Crippen molar-refractivity contribution in [3.05, 3.63) is 23.2 Å². The number of ether oxygens (including phenoxy) is 2. The number of rotatable bonds is 6. The van der Waals surface area contributed by atoms with Crippen LogP contribution in [0.4, 0.5) is 4.79 Å². The number of thiazole rings is 1. The number of aromatic nitrogens is 1. The van der Waals surface area contributed by atoms with Crippen molar-refractivity contribution >= 4 is 27.6 Å². The lowest BCUT2D eigenvalue weighted by atomic mass is 10.2. The highest BCUT2D eigenvalue weighted by Crippen LogP contribution is 2.25. The van der Waals surface area contributed by atoms with Crippen LogP contribution in [0.5, 0.6) is 5.75 Å². The molecule has 2 heterocycles. The van der Waals surface area contributed by atoms with Gasteiger partial charge in [-0.25, -0.2) is 9.78 Å². The summed E-state index contributed by atoms with van der Waals surface area (Å²) in [5.74, 6) is 0.779. The molecule has 1 amide bonds. The van der Waals surface area contributed by atoms with Gasteiger partial charge < -0.3 is 19.5 Å². The van der Waals surface area contributed by atoms with E-state index < -0.39 is 11.7 Å². The summed E-state index contributed by atoms with van der Waals surface area (Å²) in [5.41, 5.74) is 0.473. The molecule has 1 aromatic carbocycles. The molecule has 0 radical (unpaired) electrons. The number of aryl methyl sites for hydroxylation is 1. The number of β-amino-alcohol motifs (C(OH)–C–C–N with tert-alkyl or cyclic N) is 1.